The van der Waals surface area contributed by atoms with Gasteiger partial charge in [-0.25, -0.2) is 14.8 Å². The highest BCUT2D eigenvalue weighted by molar-refractivity contribution is 6.33. The monoisotopic (exact) mass is 464 g/mol. The van der Waals surface area contributed by atoms with Gasteiger partial charge in [0.05, 0.1) is 11.6 Å². The van der Waals surface area contributed by atoms with E-state index in [1.165, 1.54) is 6.33 Å². The number of aromatic nitrogens is 4. The number of ether oxygens (including phenoxy) is 2. The summed E-state index contributed by atoms with van der Waals surface area (Å²) < 4.78 is 13.4. The van der Waals surface area contributed by atoms with Crippen LogP contribution in [0.1, 0.15) is 25.3 Å². The number of aliphatic carboxylic acids is 1. The molecular formula is C24H21ClN4O4. The predicted octanol–water partition coefficient (Wildman–Crippen LogP) is 4.59. The predicted molar refractivity (Wildman–Crippen MR) is 123 cm³/mol. The molecule has 2 aromatic carbocycles. The molecular weight excluding hydrogens is 444 g/mol. The molecule has 1 aliphatic carbocycles. The number of fused-ring (bicyclic) bond motifs is 1. The molecule has 0 spiro atoms. The normalized spacial score (nSPS) is 14.2. The molecule has 2 heterocycles. The quantitative estimate of drug-likeness (QED) is 0.407. The first-order chi connectivity index (χ1) is 15.9. The number of nitrogens with zero attached hydrogens (tertiary/aromatic N) is 4. The number of halogens is 1. The van der Waals surface area contributed by atoms with Crippen LogP contribution in [0.3, 0.4) is 0 Å². The zero-order valence-corrected chi connectivity index (χ0v) is 18.6. The molecule has 5 rings (SSSR count). The van der Waals surface area contributed by atoms with E-state index in [4.69, 9.17) is 31.2 Å². The van der Waals surface area contributed by atoms with Crippen molar-refractivity contribution >= 4 is 28.7 Å². The Bertz CT molecular complexity index is 1340. The van der Waals surface area contributed by atoms with Crippen LogP contribution in [0, 0.1) is 0 Å². The van der Waals surface area contributed by atoms with Crippen LogP contribution in [0.4, 0.5) is 0 Å². The number of carbonyl (C=O) groups is 1. The van der Waals surface area contributed by atoms with Gasteiger partial charge in [-0.15, -0.1) is 0 Å². The summed E-state index contributed by atoms with van der Waals surface area (Å²) in [5, 5.41) is 9.23. The summed E-state index contributed by atoms with van der Waals surface area (Å²) in [5.74, 6) is 0.359. The Kier molecular flexibility index (Phi) is 5.38. The molecule has 8 nitrogen and oxygen atoms in total. The molecule has 0 unspecified atom stereocenters. The van der Waals surface area contributed by atoms with Gasteiger partial charge < -0.3 is 19.1 Å². The molecule has 9 heteroatoms. The van der Waals surface area contributed by atoms with Crippen molar-refractivity contribution in [3.8, 4) is 23.0 Å². The Morgan fingerprint density at radius 1 is 1.18 bits per heavy atom. The van der Waals surface area contributed by atoms with Gasteiger partial charge in [0.15, 0.2) is 17.8 Å². The van der Waals surface area contributed by atoms with E-state index in [2.05, 4.69) is 16.9 Å². The number of carboxylic acids is 1. The first-order valence-electron chi connectivity index (χ1n) is 10.5. The fraction of sp³-hybridized carbons (Fsp3) is 0.250. The lowest BCUT2D eigenvalue weighted by Crippen LogP contribution is -2.13. The Morgan fingerprint density at radius 3 is 2.67 bits per heavy atom. The summed E-state index contributed by atoms with van der Waals surface area (Å²) in [5.41, 5.74) is 2.73. The summed E-state index contributed by atoms with van der Waals surface area (Å²) in [7, 11) is 0. The maximum absolute atomic E-state index is 10.8. The zero-order valence-electron chi connectivity index (χ0n) is 17.9. The van der Waals surface area contributed by atoms with Crippen LogP contribution >= 0.6 is 11.6 Å². The molecule has 1 aliphatic rings. The lowest BCUT2D eigenvalue weighted by atomic mass is 10.2. The van der Waals surface area contributed by atoms with E-state index < -0.39 is 12.6 Å². The fourth-order valence-electron chi connectivity index (χ4n) is 3.54. The van der Waals surface area contributed by atoms with Crippen LogP contribution in [0.25, 0.3) is 22.6 Å². The van der Waals surface area contributed by atoms with Crippen LogP contribution < -0.4 is 9.47 Å². The van der Waals surface area contributed by atoms with Gasteiger partial charge in [0.25, 0.3) is 0 Å². The van der Waals surface area contributed by atoms with Crippen LogP contribution in [0.5, 0.6) is 11.6 Å². The SMILES string of the molecule is CC1(Oc2ncnc3c2nc(-c2ccc(OCC(=O)O)cc2Cl)n3Cc2ccccc2)CC1. The average Bonchev–Trinajstić information content (AvgIpc) is 3.41. The molecule has 4 aromatic rings. The van der Waals surface area contributed by atoms with Gasteiger partial charge in [-0.3, -0.25) is 0 Å². The second-order valence-corrected chi connectivity index (χ2v) is 8.64. The number of carboxylic acid groups (broad SMARTS) is 1. The molecule has 33 heavy (non-hydrogen) atoms. The van der Waals surface area contributed by atoms with Crippen molar-refractivity contribution in [2.24, 2.45) is 0 Å². The van der Waals surface area contributed by atoms with Crippen LogP contribution in [-0.4, -0.2) is 42.8 Å². The van der Waals surface area contributed by atoms with Gasteiger partial charge in [0.2, 0.25) is 5.88 Å². The smallest absolute Gasteiger partial charge is 0.341 e. The van der Waals surface area contributed by atoms with E-state index in [1.54, 1.807) is 18.2 Å². The van der Waals surface area contributed by atoms with E-state index in [9.17, 15) is 4.79 Å². The highest BCUT2D eigenvalue weighted by atomic mass is 35.5. The van der Waals surface area contributed by atoms with Gasteiger partial charge >= 0.3 is 5.97 Å². The minimum absolute atomic E-state index is 0.217. The molecule has 1 saturated carbocycles. The van der Waals surface area contributed by atoms with E-state index in [0.29, 0.717) is 45.7 Å². The van der Waals surface area contributed by atoms with Crippen LogP contribution in [0.2, 0.25) is 5.02 Å². The minimum Gasteiger partial charge on any atom is -0.482 e. The lowest BCUT2D eigenvalue weighted by Gasteiger charge is -2.12. The lowest BCUT2D eigenvalue weighted by molar-refractivity contribution is -0.139. The molecule has 1 N–H and O–H groups in total. The molecule has 168 valence electrons. The fourth-order valence-corrected chi connectivity index (χ4v) is 3.79. The van der Waals surface area contributed by atoms with Crippen molar-refractivity contribution in [1.82, 2.24) is 19.5 Å². The van der Waals surface area contributed by atoms with E-state index in [1.807, 2.05) is 34.9 Å². The molecule has 0 atom stereocenters. The molecule has 2 aromatic heterocycles. The zero-order chi connectivity index (χ0) is 23.0. The standard InChI is InChI=1S/C24H21ClN4O4/c1-24(9-10-24)33-23-20-22(26-14-27-23)29(12-15-5-3-2-4-6-15)21(28-20)17-8-7-16(11-18(17)25)32-13-19(30)31/h2-8,11,14H,9-10,12-13H2,1H3,(H,30,31). The number of imidazole rings is 1. The van der Waals surface area contributed by atoms with Gasteiger partial charge in [-0.2, -0.15) is 4.98 Å². The Morgan fingerprint density at radius 2 is 1.97 bits per heavy atom. The molecule has 0 saturated heterocycles. The van der Waals surface area contributed by atoms with Gasteiger partial charge in [0, 0.05) is 5.56 Å². The molecule has 0 amide bonds. The third kappa shape index (κ3) is 4.47. The highest BCUT2D eigenvalue weighted by Gasteiger charge is 2.41. The van der Waals surface area contributed by atoms with Crippen molar-refractivity contribution in [3.05, 3.63) is 65.4 Å². The minimum atomic E-state index is -1.06. The molecule has 0 aliphatic heterocycles. The maximum Gasteiger partial charge on any atom is 0.341 e. The summed E-state index contributed by atoms with van der Waals surface area (Å²) >= 11 is 6.59. The van der Waals surface area contributed by atoms with E-state index in [0.717, 1.165) is 18.4 Å². The Balaban J connectivity index is 1.61. The molecule has 0 radical (unpaired) electrons. The van der Waals surface area contributed by atoms with Crippen molar-refractivity contribution in [1.29, 1.82) is 0 Å². The Hall–Kier alpha value is -3.65. The van der Waals surface area contributed by atoms with Crippen LogP contribution in [0.15, 0.2) is 54.9 Å². The van der Waals surface area contributed by atoms with Gasteiger partial charge in [-0.1, -0.05) is 41.9 Å². The summed E-state index contributed by atoms with van der Waals surface area (Å²) in [6.07, 6.45) is 3.43. The second kappa shape index (κ2) is 8.37. The van der Waals surface area contributed by atoms with Crippen molar-refractivity contribution < 1.29 is 19.4 Å². The van der Waals surface area contributed by atoms with Gasteiger partial charge in [0.1, 0.15) is 23.5 Å². The van der Waals surface area contributed by atoms with Crippen molar-refractivity contribution in [3.63, 3.8) is 0 Å². The first-order valence-corrected chi connectivity index (χ1v) is 10.9. The number of hydrogen-bond donors (Lipinski definition) is 1. The summed E-state index contributed by atoms with van der Waals surface area (Å²) in [4.78, 5) is 24.5. The summed E-state index contributed by atoms with van der Waals surface area (Å²) in [6, 6.07) is 15.0. The molecule has 1 fully saturated rings. The second-order valence-electron chi connectivity index (χ2n) is 8.23. The Labute approximate surface area is 194 Å². The first kappa shape index (κ1) is 21.2. The average molecular weight is 465 g/mol. The van der Waals surface area contributed by atoms with E-state index >= 15 is 0 Å². The number of hydrogen-bond acceptors (Lipinski definition) is 6. The van der Waals surface area contributed by atoms with Crippen molar-refractivity contribution in [2.75, 3.05) is 6.61 Å². The highest BCUT2D eigenvalue weighted by Crippen LogP contribution is 2.41. The largest absolute Gasteiger partial charge is 0.482 e. The third-order valence-electron chi connectivity index (χ3n) is 5.52. The summed E-state index contributed by atoms with van der Waals surface area (Å²) in [6.45, 7) is 2.13. The third-order valence-corrected chi connectivity index (χ3v) is 5.84. The van der Waals surface area contributed by atoms with Crippen molar-refractivity contribution in [2.45, 2.75) is 31.9 Å². The number of rotatable bonds is 8. The maximum atomic E-state index is 10.8. The molecule has 0 bridgehead atoms. The van der Waals surface area contributed by atoms with E-state index in [-0.39, 0.29) is 5.60 Å². The van der Waals surface area contributed by atoms with Gasteiger partial charge in [-0.05, 0) is 43.5 Å². The number of benzene rings is 2. The topological polar surface area (TPSA) is 99.4 Å². The van der Waals surface area contributed by atoms with Crippen LogP contribution in [-0.2, 0) is 11.3 Å².